The lowest BCUT2D eigenvalue weighted by Gasteiger charge is -2.41. The van der Waals surface area contributed by atoms with E-state index in [0.29, 0.717) is 50.7 Å². The van der Waals surface area contributed by atoms with Crippen LogP contribution in [0, 0.1) is 0 Å². The SMILES string of the molecule is CCN1C(=O)NC(=O)C12CCN(Cc1nc(-c3ccccc3)no1)CC2. The number of amides is 3. The number of rotatable bonds is 4. The average Bonchev–Trinajstić information content (AvgIpc) is 3.21. The van der Waals surface area contributed by atoms with Crippen LogP contribution in [-0.4, -0.2) is 57.1 Å². The lowest BCUT2D eigenvalue weighted by atomic mass is 9.86. The van der Waals surface area contributed by atoms with Gasteiger partial charge in [0, 0.05) is 25.2 Å². The number of carbonyl (C=O) groups is 2. The summed E-state index contributed by atoms with van der Waals surface area (Å²) in [6.07, 6.45) is 1.22. The van der Waals surface area contributed by atoms with E-state index in [4.69, 9.17) is 4.52 Å². The third kappa shape index (κ3) is 2.76. The predicted molar refractivity (Wildman–Crippen MR) is 92.9 cm³/mol. The van der Waals surface area contributed by atoms with Gasteiger partial charge in [0.2, 0.25) is 11.7 Å². The zero-order valence-corrected chi connectivity index (χ0v) is 14.6. The third-order valence-electron chi connectivity index (χ3n) is 5.26. The highest BCUT2D eigenvalue weighted by atomic mass is 16.5. The number of likely N-dealkylation sites (N-methyl/N-ethyl adjacent to an activating group) is 1. The van der Waals surface area contributed by atoms with Crippen molar-refractivity contribution in [2.45, 2.75) is 31.8 Å². The molecule has 0 unspecified atom stereocenters. The first kappa shape index (κ1) is 16.7. The second kappa shape index (κ2) is 6.53. The Labute approximate surface area is 151 Å². The van der Waals surface area contributed by atoms with Crippen LogP contribution in [0.4, 0.5) is 4.79 Å². The Balaban J connectivity index is 1.41. The molecule has 3 heterocycles. The summed E-state index contributed by atoms with van der Waals surface area (Å²) in [5, 5.41) is 6.49. The molecule has 1 aromatic carbocycles. The minimum absolute atomic E-state index is 0.173. The molecule has 0 atom stereocenters. The molecule has 3 amide bonds. The number of benzene rings is 1. The van der Waals surface area contributed by atoms with Crippen LogP contribution in [0.5, 0.6) is 0 Å². The fourth-order valence-corrected chi connectivity index (χ4v) is 3.84. The largest absolute Gasteiger partial charge is 0.338 e. The van der Waals surface area contributed by atoms with Gasteiger partial charge in [0.1, 0.15) is 5.54 Å². The van der Waals surface area contributed by atoms with E-state index in [2.05, 4.69) is 20.4 Å². The van der Waals surface area contributed by atoms with Gasteiger partial charge in [-0.05, 0) is 19.8 Å². The van der Waals surface area contributed by atoms with E-state index in [0.717, 1.165) is 5.56 Å². The maximum atomic E-state index is 12.3. The highest BCUT2D eigenvalue weighted by molar-refractivity contribution is 6.07. The molecule has 136 valence electrons. The standard InChI is InChI=1S/C18H21N5O3/c1-2-23-17(25)20-16(24)18(23)8-10-22(11-9-18)12-14-19-15(21-26-14)13-6-4-3-5-7-13/h3-7H,2,8-12H2,1H3,(H,20,24,25). The summed E-state index contributed by atoms with van der Waals surface area (Å²) in [5.41, 5.74) is 0.214. The van der Waals surface area contributed by atoms with Crippen molar-refractivity contribution in [1.29, 1.82) is 0 Å². The molecule has 1 spiro atoms. The van der Waals surface area contributed by atoms with Gasteiger partial charge in [0.15, 0.2) is 0 Å². The highest BCUT2D eigenvalue weighted by Crippen LogP contribution is 2.33. The van der Waals surface area contributed by atoms with Crippen molar-refractivity contribution in [3.05, 3.63) is 36.2 Å². The molecule has 8 nitrogen and oxygen atoms in total. The van der Waals surface area contributed by atoms with Gasteiger partial charge < -0.3 is 9.42 Å². The van der Waals surface area contributed by atoms with Gasteiger partial charge in [0.05, 0.1) is 6.54 Å². The Bertz CT molecular complexity index is 811. The van der Waals surface area contributed by atoms with Crippen molar-refractivity contribution >= 4 is 11.9 Å². The second-order valence-electron chi connectivity index (χ2n) is 6.69. The minimum atomic E-state index is -0.702. The molecule has 2 aliphatic rings. The smallest absolute Gasteiger partial charge is 0.325 e. The highest BCUT2D eigenvalue weighted by Gasteiger charge is 2.53. The summed E-state index contributed by atoms with van der Waals surface area (Å²) in [4.78, 5) is 32.6. The van der Waals surface area contributed by atoms with E-state index in [-0.39, 0.29) is 11.9 Å². The number of carbonyl (C=O) groups excluding carboxylic acids is 2. The molecule has 2 aromatic rings. The van der Waals surface area contributed by atoms with E-state index in [1.807, 2.05) is 37.3 Å². The van der Waals surface area contributed by atoms with Crippen molar-refractivity contribution in [3.63, 3.8) is 0 Å². The molecule has 0 bridgehead atoms. The Morgan fingerprint density at radius 3 is 2.62 bits per heavy atom. The van der Waals surface area contributed by atoms with Gasteiger partial charge in [-0.25, -0.2) is 4.79 Å². The number of imide groups is 1. The van der Waals surface area contributed by atoms with Crippen molar-refractivity contribution in [3.8, 4) is 11.4 Å². The molecule has 2 fully saturated rings. The van der Waals surface area contributed by atoms with Gasteiger partial charge in [-0.15, -0.1) is 0 Å². The van der Waals surface area contributed by atoms with Crippen molar-refractivity contribution in [2.24, 2.45) is 0 Å². The summed E-state index contributed by atoms with van der Waals surface area (Å²) in [7, 11) is 0. The fourth-order valence-electron chi connectivity index (χ4n) is 3.84. The summed E-state index contributed by atoms with van der Waals surface area (Å²) in [6, 6.07) is 9.40. The summed E-state index contributed by atoms with van der Waals surface area (Å²) < 4.78 is 5.37. The molecule has 4 rings (SSSR count). The maximum absolute atomic E-state index is 12.3. The van der Waals surface area contributed by atoms with Crippen LogP contribution in [0.25, 0.3) is 11.4 Å². The van der Waals surface area contributed by atoms with E-state index in [9.17, 15) is 9.59 Å². The van der Waals surface area contributed by atoms with Crippen molar-refractivity contribution < 1.29 is 14.1 Å². The molecule has 0 aliphatic carbocycles. The third-order valence-corrected chi connectivity index (χ3v) is 5.26. The molecule has 2 aliphatic heterocycles. The number of urea groups is 1. The molecule has 1 N–H and O–H groups in total. The van der Waals surface area contributed by atoms with Crippen LogP contribution in [0.1, 0.15) is 25.7 Å². The van der Waals surface area contributed by atoms with Crippen LogP contribution in [0.15, 0.2) is 34.9 Å². The van der Waals surface area contributed by atoms with Gasteiger partial charge in [-0.2, -0.15) is 4.98 Å². The number of hydrogen-bond donors (Lipinski definition) is 1. The van der Waals surface area contributed by atoms with E-state index < -0.39 is 5.54 Å². The van der Waals surface area contributed by atoms with E-state index >= 15 is 0 Å². The fraction of sp³-hybridized carbons (Fsp3) is 0.444. The molecule has 0 saturated carbocycles. The maximum Gasteiger partial charge on any atom is 0.325 e. The molecular formula is C18H21N5O3. The average molecular weight is 355 g/mol. The lowest BCUT2D eigenvalue weighted by molar-refractivity contribution is -0.129. The van der Waals surface area contributed by atoms with Crippen LogP contribution in [0.2, 0.25) is 0 Å². The van der Waals surface area contributed by atoms with Crippen molar-refractivity contribution in [1.82, 2.24) is 25.3 Å². The Hall–Kier alpha value is -2.74. The molecule has 8 heteroatoms. The molecule has 1 aromatic heterocycles. The van der Waals surface area contributed by atoms with E-state index in [1.165, 1.54) is 0 Å². The van der Waals surface area contributed by atoms with Crippen LogP contribution in [0.3, 0.4) is 0 Å². The van der Waals surface area contributed by atoms with Gasteiger partial charge >= 0.3 is 6.03 Å². The number of nitrogens with zero attached hydrogens (tertiary/aromatic N) is 4. The number of aromatic nitrogens is 2. The lowest BCUT2D eigenvalue weighted by Crippen LogP contribution is -2.56. The number of hydrogen-bond acceptors (Lipinski definition) is 6. The van der Waals surface area contributed by atoms with Crippen molar-refractivity contribution in [2.75, 3.05) is 19.6 Å². The first-order chi connectivity index (χ1) is 12.6. The van der Waals surface area contributed by atoms with Gasteiger partial charge in [-0.3, -0.25) is 15.0 Å². The van der Waals surface area contributed by atoms with Crippen LogP contribution < -0.4 is 5.32 Å². The normalized spacial score (nSPS) is 20.0. The topological polar surface area (TPSA) is 91.6 Å². The van der Waals surface area contributed by atoms with Gasteiger partial charge in [0.25, 0.3) is 5.91 Å². The van der Waals surface area contributed by atoms with Gasteiger partial charge in [-0.1, -0.05) is 35.5 Å². The molecule has 2 saturated heterocycles. The monoisotopic (exact) mass is 355 g/mol. The zero-order valence-electron chi connectivity index (χ0n) is 14.6. The summed E-state index contributed by atoms with van der Waals surface area (Å²) in [6.45, 7) is 4.36. The molecule has 26 heavy (non-hydrogen) atoms. The summed E-state index contributed by atoms with van der Waals surface area (Å²) >= 11 is 0. The van der Waals surface area contributed by atoms with Crippen LogP contribution >= 0.6 is 0 Å². The molecular weight excluding hydrogens is 334 g/mol. The first-order valence-electron chi connectivity index (χ1n) is 8.86. The Morgan fingerprint density at radius 1 is 1.19 bits per heavy atom. The Morgan fingerprint density at radius 2 is 1.92 bits per heavy atom. The number of piperidine rings is 1. The second-order valence-corrected chi connectivity index (χ2v) is 6.69. The first-order valence-corrected chi connectivity index (χ1v) is 8.86. The summed E-state index contributed by atoms with van der Waals surface area (Å²) in [5.74, 6) is 0.958. The zero-order chi connectivity index (χ0) is 18.1. The predicted octanol–water partition coefficient (Wildman–Crippen LogP) is 1.64. The van der Waals surface area contributed by atoms with Crippen LogP contribution in [-0.2, 0) is 11.3 Å². The quantitative estimate of drug-likeness (QED) is 0.839. The minimum Gasteiger partial charge on any atom is -0.338 e. The Kier molecular flexibility index (Phi) is 4.20. The number of nitrogens with one attached hydrogen (secondary N) is 1. The number of likely N-dealkylation sites (tertiary alicyclic amines) is 1. The van der Waals surface area contributed by atoms with E-state index in [1.54, 1.807) is 4.90 Å². The molecule has 0 radical (unpaired) electrons.